The molecule has 0 aliphatic heterocycles. The van der Waals surface area contributed by atoms with Crippen molar-refractivity contribution in [3.63, 3.8) is 0 Å². The summed E-state index contributed by atoms with van der Waals surface area (Å²) in [4.78, 5) is 20.9. The first kappa shape index (κ1) is 17.7. The number of hydrogen-bond acceptors (Lipinski definition) is 5. The Hall–Kier alpha value is -3.67. The maximum atomic E-state index is 12.3. The van der Waals surface area contributed by atoms with Gasteiger partial charge in [0.15, 0.2) is 17.8 Å². The molecule has 0 aliphatic rings. The van der Waals surface area contributed by atoms with Gasteiger partial charge in [0.2, 0.25) is 5.89 Å². The van der Waals surface area contributed by atoms with Crippen molar-refractivity contribution in [3.8, 4) is 17.2 Å². The van der Waals surface area contributed by atoms with Gasteiger partial charge in [-0.3, -0.25) is 4.79 Å². The number of hydrogen-bond donors (Lipinski definition) is 1. The van der Waals surface area contributed by atoms with Crippen LogP contribution in [0.1, 0.15) is 11.1 Å². The number of aryl methyl sites for hydroxylation is 2. The molecule has 6 heteroatoms. The average molecular weight is 373 g/mol. The molecule has 0 unspecified atom stereocenters. The lowest BCUT2D eigenvalue weighted by Gasteiger charge is -2.11. The molecule has 0 bridgehead atoms. The Bertz CT molecular complexity index is 1100. The van der Waals surface area contributed by atoms with Gasteiger partial charge in [-0.05, 0) is 55.8 Å². The Morgan fingerprint density at radius 3 is 2.71 bits per heavy atom. The molecule has 28 heavy (non-hydrogen) atoms. The molecule has 0 aliphatic carbocycles. The first-order valence-corrected chi connectivity index (χ1v) is 8.90. The first-order valence-electron chi connectivity index (χ1n) is 8.90. The number of oxazole rings is 1. The van der Waals surface area contributed by atoms with Crippen LogP contribution >= 0.6 is 0 Å². The molecule has 2 aromatic heterocycles. The van der Waals surface area contributed by atoms with Crippen molar-refractivity contribution < 1.29 is 13.9 Å². The molecule has 0 fully saturated rings. The summed E-state index contributed by atoms with van der Waals surface area (Å²) in [5, 5.41) is 2.89. The molecule has 4 rings (SSSR count). The molecule has 0 radical (unpaired) electrons. The topological polar surface area (TPSA) is 77.2 Å². The maximum absolute atomic E-state index is 12.3. The van der Waals surface area contributed by atoms with Gasteiger partial charge in [-0.1, -0.05) is 23.8 Å². The predicted octanol–water partition coefficient (Wildman–Crippen LogP) is 4.52. The minimum Gasteiger partial charge on any atom is -0.484 e. The number of nitrogens with one attached hydrogen (secondary N) is 1. The van der Waals surface area contributed by atoms with Gasteiger partial charge >= 0.3 is 0 Å². The summed E-state index contributed by atoms with van der Waals surface area (Å²) >= 11 is 0. The Morgan fingerprint density at radius 1 is 1.11 bits per heavy atom. The van der Waals surface area contributed by atoms with E-state index in [1.54, 1.807) is 12.3 Å². The summed E-state index contributed by atoms with van der Waals surface area (Å²) in [6, 6.07) is 16.8. The van der Waals surface area contributed by atoms with Gasteiger partial charge in [0, 0.05) is 17.4 Å². The van der Waals surface area contributed by atoms with Gasteiger partial charge in [-0.15, -0.1) is 0 Å². The highest BCUT2D eigenvalue weighted by Gasteiger charge is 2.12. The second-order valence-corrected chi connectivity index (χ2v) is 6.52. The fourth-order valence-electron chi connectivity index (χ4n) is 2.75. The van der Waals surface area contributed by atoms with Crippen molar-refractivity contribution in [2.75, 3.05) is 11.9 Å². The van der Waals surface area contributed by atoms with E-state index in [-0.39, 0.29) is 12.5 Å². The van der Waals surface area contributed by atoms with Gasteiger partial charge in [-0.25, -0.2) is 4.98 Å². The predicted molar refractivity (Wildman–Crippen MR) is 107 cm³/mol. The van der Waals surface area contributed by atoms with E-state index in [1.807, 2.05) is 62.4 Å². The monoisotopic (exact) mass is 373 g/mol. The third-order valence-corrected chi connectivity index (χ3v) is 4.31. The molecule has 2 aromatic carbocycles. The molecular weight excluding hydrogens is 354 g/mol. The zero-order valence-corrected chi connectivity index (χ0v) is 15.6. The van der Waals surface area contributed by atoms with Crippen LogP contribution in [-0.4, -0.2) is 22.5 Å². The van der Waals surface area contributed by atoms with Crippen molar-refractivity contribution in [3.05, 3.63) is 71.9 Å². The zero-order chi connectivity index (χ0) is 19.5. The van der Waals surface area contributed by atoms with Gasteiger partial charge in [0.25, 0.3) is 5.91 Å². The molecule has 140 valence electrons. The lowest BCUT2D eigenvalue weighted by atomic mass is 10.1. The number of fused-ring (bicyclic) bond motifs is 1. The van der Waals surface area contributed by atoms with E-state index in [0.717, 1.165) is 16.7 Å². The van der Waals surface area contributed by atoms with Crippen LogP contribution < -0.4 is 10.1 Å². The number of pyridine rings is 1. The number of nitrogens with zero attached hydrogens (tertiary/aromatic N) is 2. The number of carbonyl (C=O) groups excluding carboxylic acids is 1. The van der Waals surface area contributed by atoms with Crippen LogP contribution in [0.3, 0.4) is 0 Å². The number of anilines is 1. The lowest BCUT2D eigenvalue weighted by Crippen LogP contribution is -2.20. The normalized spacial score (nSPS) is 10.8. The van der Waals surface area contributed by atoms with E-state index in [1.165, 1.54) is 0 Å². The third kappa shape index (κ3) is 3.86. The van der Waals surface area contributed by atoms with Crippen LogP contribution in [0.5, 0.6) is 5.75 Å². The van der Waals surface area contributed by atoms with Crippen molar-refractivity contribution >= 4 is 22.8 Å². The van der Waals surface area contributed by atoms with Crippen LogP contribution in [0.25, 0.3) is 22.7 Å². The lowest BCUT2D eigenvalue weighted by molar-refractivity contribution is -0.118. The minimum absolute atomic E-state index is 0.0699. The van der Waals surface area contributed by atoms with E-state index in [4.69, 9.17) is 9.15 Å². The molecule has 4 aromatic rings. The molecule has 1 N–H and O–H groups in total. The Labute approximate surface area is 162 Å². The van der Waals surface area contributed by atoms with Crippen LogP contribution in [0.15, 0.2) is 65.2 Å². The highest BCUT2D eigenvalue weighted by Crippen LogP contribution is 2.27. The number of benzene rings is 2. The van der Waals surface area contributed by atoms with Crippen LogP contribution in [0, 0.1) is 13.8 Å². The second kappa shape index (κ2) is 7.52. The first-order chi connectivity index (χ1) is 13.6. The average Bonchev–Trinajstić information content (AvgIpc) is 3.13. The quantitative estimate of drug-likeness (QED) is 0.556. The van der Waals surface area contributed by atoms with Crippen LogP contribution in [0.2, 0.25) is 0 Å². The zero-order valence-electron chi connectivity index (χ0n) is 15.6. The van der Waals surface area contributed by atoms with Gasteiger partial charge in [0.05, 0.1) is 0 Å². The summed E-state index contributed by atoms with van der Waals surface area (Å²) in [5.74, 6) is 0.880. The van der Waals surface area contributed by atoms with E-state index in [0.29, 0.717) is 28.6 Å². The summed E-state index contributed by atoms with van der Waals surface area (Å²) in [5.41, 5.74) is 4.69. The smallest absolute Gasteiger partial charge is 0.262 e. The number of carbonyl (C=O) groups is 1. The summed E-state index contributed by atoms with van der Waals surface area (Å²) in [6.45, 7) is 3.85. The number of amides is 1. The highest BCUT2D eigenvalue weighted by atomic mass is 16.5. The van der Waals surface area contributed by atoms with Crippen LogP contribution in [0.4, 0.5) is 5.69 Å². The van der Waals surface area contributed by atoms with E-state index in [2.05, 4.69) is 15.3 Å². The van der Waals surface area contributed by atoms with E-state index < -0.39 is 0 Å². The third-order valence-electron chi connectivity index (χ3n) is 4.31. The molecule has 1 amide bonds. The van der Waals surface area contributed by atoms with Crippen molar-refractivity contribution in [2.45, 2.75) is 13.8 Å². The summed E-state index contributed by atoms with van der Waals surface area (Å²) in [7, 11) is 0. The number of ether oxygens (including phenoxy) is 1. The Kier molecular flexibility index (Phi) is 4.76. The van der Waals surface area contributed by atoms with Crippen molar-refractivity contribution in [2.24, 2.45) is 0 Å². The summed E-state index contributed by atoms with van der Waals surface area (Å²) < 4.78 is 11.3. The molecule has 0 atom stereocenters. The highest BCUT2D eigenvalue weighted by molar-refractivity contribution is 5.93. The standard InChI is InChI=1S/C22H19N3O3/c1-14-5-9-17(10-6-14)27-13-20(26)24-18-12-16(8-7-15(18)2)22-25-21-19(28-22)4-3-11-23-21/h3-12H,13H2,1-2H3,(H,24,26). The fraction of sp³-hybridized carbons (Fsp3) is 0.136. The second-order valence-electron chi connectivity index (χ2n) is 6.52. The van der Waals surface area contributed by atoms with Gasteiger partial charge in [0.1, 0.15) is 5.75 Å². The molecule has 2 heterocycles. The molecule has 6 nitrogen and oxygen atoms in total. The SMILES string of the molecule is Cc1ccc(OCC(=O)Nc2cc(-c3nc4ncccc4o3)ccc2C)cc1. The number of rotatable bonds is 5. The van der Waals surface area contributed by atoms with Crippen molar-refractivity contribution in [1.82, 2.24) is 9.97 Å². The minimum atomic E-state index is -0.236. The van der Waals surface area contributed by atoms with Crippen molar-refractivity contribution in [1.29, 1.82) is 0 Å². The van der Waals surface area contributed by atoms with E-state index in [9.17, 15) is 4.79 Å². The molecule has 0 spiro atoms. The Morgan fingerprint density at radius 2 is 1.93 bits per heavy atom. The molecular formula is C22H19N3O3. The number of aromatic nitrogens is 2. The van der Waals surface area contributed by atoms with Crippen LogP contribution in [-0.2, 0) is 4.79 Å². The largest absolute Gasteiger partial charge is 0.484 e. The maximum Gasteiger partial charge on any atom is 0.262 e. The van der Waals surface area contributed by atoms with E-state index >= 15 is 0 Å². The van der Waals surface area contributed by atoms with Gasteiger partial charge in [-0.2, -0.15) is 4.98 Å². The molecule has 0 saturated carbocycles. The summed E-state index contributed by atoms with van der Waals surface area (Å²) in [6.07, 6.45) is 1.67. The Balaban J connectivity index is 1.49. The van der Waals surface area contributed by atoms with Gasteiger partial charge < -0.3 is 14.5 Å². The fourth-order valence-corrected chi connectivity index (χ4v) is 2.75. The molecule has 0 saturated heterocycles.